The fraction of sp³-hybridized carbons (Fsp3) is 0.929. The predicted molar refractivity (Wildman–Crippen MR) is 76.9 cm³/mol. The van der Waals surface area contributed by atoms with Crippen molar-refractivity contribution in [1.82, 2.24) is 10.2 Å². The van der Waals surface area contributed by atoms with Crippen molar-refractivity contribution in [2.45, 2.75) is 52.4 Å². The maximum Gasteiger partial charge on any atom is 0.234 e. The highest BCUT2D eigenvalue weighted by atomic mass is 16.5. The largest absolute Gasteiger partial charge is 0.368 e. The van der Waals surface area contributed by atoms with Crippen LogP contribution in [-0.4, -0.2) is 54.7 Å². The number of nitrogens with zero attached hydrogens (tertiary/aromatic N) is 1. The standard InChI is InChI=1S/C14H29N3O2/c1-10(2)11(3)16-13(18)8-17-7-12(6-15)19-14(4,5)9-17/h10-12H,6-9,15H2,1-5H3,(H,16,18). The van der Waals surface area contributed by atoms with Crippen molar-refractivity contribution in [2.75, 3.05) is 26.2 Å². The number of carbonyl (C=O) groups is 1. The number of morpholine rings is 1. The van der Waals surface area contributed by atoms with E-state index in [1.807, 2.05) is 20.8 Å². The van der Waals surface area contributed by atoms with Crippen LogP contribution in [-0.2, 0) is 9.53 Å². The molecule has 2 atom stereocenters. The zero-order valence-electron chi connectivity index (χ0n) is 12.9. The maximum absolute atomic E-state index is 12.0. The smallest absolute Gasteiger partial charge is 0.234 e. The molecule has 5 heteroatoms. The van der Waals surface area contributed by atoms with E-state index in [2.05, 4.69) is 24.1 Å². The third kappa shape index (κ3) is 5.47. The van der Waals surface area contributed by atoms with Gasteiger partial charge in [-0.25, -0.2) is 0 Å². The maximum atomic E-state index is 12.0. The van der Waals surface area contributed by atoms with E-state index in [1.54, 1.807) is 0 Å². The molecule has 1 saturated heterocycles. The van der Waals surface area contributed by atoms with Crippen LogP contribution in [0.2, 0.25) is 0 Å². The lowest BCUT2D eigenvalue weighted by Crippen LogP contribution is -2.57. The molecule has 3 N–H and O–H groups in total. The highest BCUT2D eigenvalue weighted by Crippen LogP contribution is 2.20. The van der Waals surface area contributed by atoms with Crippen LogP contribution in [0.25, 0.3) is 0 Å². The highest BCUT2D eigenvalue weighted by molar-refractivity contribution is 5.78. The van der Waals surface area contributed by atoms with Gasteiger partial charge in [0.2, 0.25) is 5.91 Å². The molecule has 1 heterocycles. The minimum atomic E-state index is -0.244. The molecule has 1 aliphatic rings. The zero-order chi connectivity index (χ0) is 14.6. The van der Waals surface area contributed by atoms with Gasteiger partial charge in [-0.15, -0.1) is 0 Å². The van der Waals surface area contributed by atoms with E-state index in [0.717, 1.165) is 13.1 Å². The van der Waals surface area contributed by atoms with Gasteiger partial charge in [0.1, 0.15) is 0 Å². The number of nitrogens with one attached hydrogen (secondary N) is 1. The fourth-order valence-corrected chi connectivity index (χ4v) is 2.33. The molecule has 0 radical (unpaired) electrons. The Hall–Kier alpha value is -0.650. The van der Waals surface area contributed by atoms with Crippen LogP contribution in [0.1, 0.15) is 34.6 Å². The third-order valence-corrected chi connectivity index (χ3v) is 3.57. The Balaban J connectivity index is 2.49. The van der Waals surface area contributed by atoms with E-state index in [1.165, 1.54) is 0 Å². The lowest BCUT2D eigenvalue weighted by Gasteiger charge is -2.42. The first-order valence-corrected chi connectivity index (χ1v) is 7.13. The van der Waals surface area contributed by atoms with Crippen molar-refractivity contribution in [3.63, 3.8) is 0 Å². The summed E-state index contributed by atoms with van der Waals surface area (Å²) in [6.07, 6.45) is 0.0130. The summed E-state index contributed by atoms with van der Waals surface area (Å²) in [5.74, 6) is 0.525. The second-order valence-corrected chi connectivity index (χ2v) is 6.51. The minimum absolute atomic E-state index is 0.0130. The van der Waals surface area contributed by atoms with Crippen LogP contribution >= 0.6 is 0 Å². The van der Waals surface area contributed by atoms with Crippen molar-refractivity contribution in [3.8, 4) is 0 Å². The lowest BCUT2D eigenvalue weighted by molar-refractivity contribution is -0.141. The van der Waals surface area contributed by atoms with E-state index >= 15 is 0 Å². The van der Waals surface area contributed by atoms with Gasteiger partial charge in [-0.2, -0.15) is 0 Å². The van der Waals surface area contributed by atoms with Gasteiger partial charge in [0.15, 0.2) is 0 Å². The van der Waals surface area contributed by atoms with E-state index in [-0.39, 0.29) is 23.7 Å². The molecule has 1 fully saturated rings. The van der Waals surface area contributed by atoms with Crippen LogP contribution in [0, 0.1) is 5.92 Å². The average Bonchev–Trinajstić information content (AvgIpc) is 2.26. The number of hydrogen-bond donors (Lipinski definition) is 2. The monoisotopic (exact) mass is 271 g/mol. The molecule has 2 unspecified atom stereocenters. The molecule has 1 rings (SSSR count). The number of hydrogen-bond acceptors (Lipinski definition) is 4. The fourth-order valence-electron chi connectivity index (χ4n) is 2.33. The summed E-state index contributed by atoms with van der Waals surface area (Å²) < 4.78 is 5.86. The molecular formula is C14H29N3O2. The number of ether oxygens (including phenoxy) is 1. The van der Waals surface area contributed by atoms with Crippen LogP contribution in [0.3, 0.4) is 0 Å². The van der Waals surface area contributed by atoms with Gasteiger partial charge in [-0.3, -0.25) is 9.69 Å². The lowest BCUT2D eigenvalue weighted by atomic mass is 10.0. The Kier molecular flexibility index (Phi) is 5.77. The van der Waals surface area contributed by atoms with Crippen molar-refractivity contribution in [2.24, 2.45) is 11.7 Å². The SMILES string of the molecule is CC(C)C(C)NC(=O)CN1CC(CN)OC(C)(C)C1. The van der Waals surface area contributed by atoms with Gasteiger partial charge in [0.05, 0.1) is 18.2 Å². The van der Waals surface area contributed by atoms with Crippen molar-refractivity contribution in [1.29, 1.82) is 0 Å². The first-order valence-electron chi connectivity index (χ1n) is 7.13. The quantitative estimate of drug-likeness (QED) is 0.768. The summed E-state index contributed by atoms with van der Waals surface area (Å²) in [6.45, 7) is 12.7. The Bertz CT molecular complexity index is 305. The zero-order valence-corrected chi connectivity index (χ0v) is 12.9. The molecule has 0 bridgehead atoms. The summed E-state index contributed by atoms with van der Waals surface area (Å²) in [7, 11) is 0. The molecule has 1 aliphatic heterocycles. The summed E-state index contributed by atoms with van der Waals surface area (Å²) in [5.41, 5.74) is 5.44. The van der Waals surface area contributed by atoms with Crippen LogP contribution in [0.5, 0.6) is 0 Å². The molecule has 0 aromatic rings. The van der Waals surface area contributed by atoms with Crippen LogP contribution in [0.15, 0.2) is 0 Å². The molecule has 19 heavy (non-hydrogen) atoms. The second kappa shape index (κ2) is 6.68. The first kappa shape index (κ1) is 16.4. The van der Waals surface area contributed by atoms with Gasteiger partial charge in [0, 0.05) is 25.7 Å². The second-order valence-electron chi connectivity index (χ2n) is 6.51. The van der Waals surface area contributed by atoms with Crippen molar-refractivity contribution >= 4 is 5.91 Å². The van der Waals surface area contributed by atoms with Gasteiger partial charge in [0.25, 0.3) is 0 Å². The Labute approximate surface area is 116 Å². The topological polar surface area (TPSA) is 67.6 Å². The molecule has 0 saturated carbocycles. The van der Waals surface area contributed by atoms with Crippen LogP contribution < -0.4 is 11.1 Å². The molecule has 112 valence electrons. The summed E-state index contributed by atoms with van der Waals surface area (Å²) in [6, 6.07) is 0.201. The van der Waals surface area contributed by atoms with Gasteiger partial charge < -0.3 is 15.8 Å². The van der Waals surface area contributed by atoms with Gasteiger partial charge in [-0.1, -0.05) is 13.8 Å². The number of nitrogens with two attached hydrogens (primary N) is 1. The first-order chi connectivity index (χ1) is 8.73. The Morgan fingerprint density at radius 3 is 2.63 bits per heavy atom. The Morgan fingerprint density at radius 1 is 1.47 bits per heavy atom. The van der Waals surface area contributed by atoms with Gasteiger partial charge in [-0.05, 0) is 26.7 Å². The predicted octanol–water partition coefficient (Wildman–Crippen LogP) is 0.585. The molecule has 0 aliphatic carbocycles. The molecule has 5 nitrogen and oxygen atoms in total. The molecule has 0 spiro atoms. The highest BCUT2D eigenvalue weighted by Gasteiger charge is 2.33. The third-order valence-electron chi connectivity index (χ3n) is 3.57. The van der Waals surface area contributed by atoms with Crippen molar-refractivity contribution in [3.05, 3.63) is 0 Å². The van der Waals surface area contributed by atoms with E-state index in [9.17, 15) is 4.79 Å². The molecule has 0 aromatic carbocycles. The average molecular weight is 271 g/mol. The van der Waals surface area contributed by atoms with E-state index in [4.69, 9.17) is 10.5 Å². The number of carbonyl (C=O) groups excluding carboxylic acids is 1. The van der Waals surface area contributed by atoms with E-state index in [0.29, 0.717) is 19.0 Å². The van der Waals surface area contributed by atoms with Gasteiger partial charge >= 0.3 is 0 Å². The molecular weight excluding hydrogens is 242 g/mol. The summed E-state index contributed by atoms with van der Waals surface area (Å²) in [5, 5.41) is 3.03. The number of rotatable bonds is 5. The van der Waals surface area contributed by atoms with Crippen molar-refractivity contribution < 1.29 is 9.53 Å². The normalized spacial score (nSPS) is 25.3. The molecule has 0 aromatic heterocycles. The summed E-state index contributed by atoms with van der Waals surface area (Å²) >= 11 is 0. The molecule has 1 amide bonds. The summed E-state index contributed by atoms with van der Waals surface area (Å²) in [4.78, 5) is 14.1. The van der Waals surface area contributed by atoms with E-state index < -0.39 is 0 Å². The number of amides is 1. The minimum Gasteiger partial charge on any atom is -0.368 e. The van der Waals surface area contributed by atoms with Crippen LogP contribution in [0.4, 0.5) is 0 Å². The Morgan fingerprint density at radius 2 is 2.11 bits per heavy atom.